The molecule has 0 aromatic carbocycles. The Labute approximate surface area is 137 Å². The summed E-state index contributed by atoms with van der Waals surface area (Å²) in [4.78, 5) is 39.7. The maximum atomic E-state index is 12.9. The van der Waals surface area contributed by atoms with Gasteiger partial charge in [0.05, 0.1) is 0 Å². The molecule has 1 saturated heterocycles. The van der Waals surface area contributed by atoms with Crippen molar-refractivity contribution in [1.29, 1.82) is 0 Å². The summed E-state index contributed by atoms with van der Waals surface area (Å²) in [7, 11) is 3.30. The van der Waals surface area contributed by atoms with Crippen molar-refractivity contribution < 1.29 is 19.6 Å². The Hall–Kier alpha value is -1.67. The van der Waals surface area contributed by atoms with Crippen molar-refractivity contribution in [2.75, 3.05) is 33.7 Å². The van der Waals surface area contributed by atoms with E-state index < -0.39 is 17.9 Å². The summed E-state index contributed by atoms with van der Waals surface area (Å²) in [5.41, 5.74) is 1.58. The third-order valence-electron chi connectivity index (χ3n) is 3.91. The Balaban J connectivity index is 2.93. The van der Waals surface area contributed by atoms with E-state index in [1.54, 1.807) is 24.5 Å². The lowest BCUT2D eigenvalue weighted by Gasteiger charge is -2.38. The van der Waals surface area contributed by atoms with Gasteiger partial charge in [-0.1, -0.05) is 13.8 Å². The molecule has 0 radical (unpaired) electrons. The Morgan fingerprint density at radius 1 is 1.35 bits per heavy atom. The highest BCUT2D eigenvalue weighted by Gasteiger charge is 2.37. The molecule has 1 aliphatic rings. The van der Waals surface area contributed by atoms with Gasteiger partial charge < -0.3 is 15.1 Å². The smallest absolute Gasteiger partial charge is 0.320 e. The molecule has 0 unspecified atom stereocenters. The summed E-state index contributed by atoms with van der Waals surface area (Å²) >= 11 is 0. The zero-order chi connectivity index (χ0) is 17.6. The maximum Gasteiger partial charge on any atom is 0.320 e. The van der Waals surface area contributed by atoms with Gasteiger partial charge >= 0.3 is 6.03 Å². The predicted octanol–water partition coefficient (Wildman–Crippen LogP) is 0.0687. The summed E-state index contributed by atoms with van der Waals surface area (Å²) in [5, 5.41) is 11.9. The van der Waals surface area contributed by atoms with E-state index in [9.17, 15) is 14.4 Å². The minimum absolute atomic E-state index is 0.0754. The van der Waals surface area contributed by atoms with Crippen LogP contribution in [0.4, 0.5) is 4.79 Å². The molecule has 23 heavy (non-hydrogen) atoms. The van der Waals surface area contributed by atoms with Crippen molar-refractivity contribution >= 4 is 17.7 Å². The number of ketones is 1. The monoisotopic (exact) mass is 328 g/mol. The molecule has 1 fully saturated rings. The first-order valence-corrected chi connectivity index (χ1v) is 7.93. The van der Waals surface area contributed by atoms with Crippen LogP contribution in [0.3, 0.4) is 0 Å². The summed E-state index contributed by atoms with van der Waals surface area (Å²) < 4.78 is 0. The van der Waals surface area contributed by atoms with Crippen LogP contribution in [0.15, 0.2) is 0 Å². The molecule has 1 aliphatic heterocycles. The van der Waals surface area contributed by atoms with Gasteiger partial charge in [0.25, 0.3) is 0 Å². The average molecular weight is 328 g/mol. The van der Waals surface area contributed by atoms with Gasteiger partial charge in [0, 0.05) is 46.1 Å². The molecular formula is C15H28N4O4. The van der Waals surface area contributed by atoms with E-state index >= 15 is 0 Å². The summed E-state index contributed by atoms with van der Waals surface area (Å²) in [6.45, 7) is 5.41. The molecule has 0 aliphatic carbocycles. The van der Waals surface area contributed by atoms with Crippen LogP contribution < -0.4 is 10.8 Å². The van der Waals surface area contributed by atoms with E-state index in [2.05, 4.69) is 5.32 Å². The number of nitrogens with one attached hydrogen (secondary N) is 2. The van der Waals surface area contributed by atoms with Crippen molar-refractivity contribution in [3.05, 3.63) is 0 Å². The molecule has 8 nitrogen and oxygen atoms in total. The third-order valence-corrected chi connectivity index (χ3v) is 3.91. The highest BCUT2D eigenvalue weighted by Crippen LogP contribution is 2.21. The average Bonchev–Trinajstić information content (AvgIpc) is 2.52. The summed E-state index contributed by atoms with van der Waals surface area (Å²) in [6.07, 6.45) is 0.459. The van der Waals surface area contributed by atoms with Crippen molar-refractivity contribution in [2.45, 2.75) is 32.7 Å². The largest absolute Gasteiger partial charge is 0.331 e. The Morgan fingerprint density at radius 3 is 2.52 bits per heavy atom. The second kappa shape index (κ2) is 8.83. The number of rotatable bonds is 6. The number of Topliss-reactive ketones (excluding diaryl/α,β-unsaturated/α-hetero) is 1. The van der Waals surface area contributed by atoms with E-state index in [0.717, 1.165) is 0 Å². The Bertz CT molecular complexity index is 439. The molecular weight excluding hydrogens is 300 g/mol. The van der Waals surface area contributed by atoms with Crippen LogP contribution in [0.2, 0.25) is 0 Å². The lowest BCUT2D eigenvalue weighted by molar-refractivity contribution is -0.136. The molecule has 1 rings (SSSR count). The number of nitrogens with zero attached hydrogens (tertiary/aromatic N) is 2. The van der Waals surface area contributed by atoms with Crippen LogP contribution in [0.25, 0.3) is 0 Å². The first kappa shape index (κ1) is 19.4. The van der Waals surface area contributed by atoms with E-state index in [1.807, 2.05) is 13.8 Å². The van der Waals surface area contributed by atoms with Crippen LogP contribution in [-0.2, 0) is 9.59 Å². The lowest BCUT2D eigenvalue weighted by Crippen LogP contribution is -2.60. The first-order valence-electron chi connectivity index (χ1n) is 7.93. The second-order valence-electron chi connectivity index (χ2n) is 6.56. The minimum Gasteiger partial charge on any atom is -0.331 e. The third kappa shape index (κ3) is 5.47. The molecule has 3 amide bonds. The fraction of sp³-hybridized carbons (Fsp3) is 0.800. The number of carbonyl (C=O) groups excluding carboxylic acids is 3. The molecule has 0 aromatic rings. The number of carbonyl (C=O) groups is 3. The van der Waals surface area contributed by atoms with E-state index in [-0.39, 0.29) is 24.2 Å². The van der Waals surface area contributed by atoms with Gasteiger partial charge in [0.1, 0.15) is 6.04 Å². The van der Waals surface area contributed by atoms with Crippen molar-refractivity contribution in [2.24, 2.45) is 11.8 Å². The maximum absolute atomic E-state index is 12.9. The van der Waals surface area contributed by atoms with Crippen LogP contribution in [0.5, 0.6) is 0 Å². The molecule has 3 N–H and O–H groups in total. The Kier molecular flexibility index (Phi) is 7.44. The van der Waals surface area contributed by atoms with Gasteiger partial charge in [-0.05, 0) is 12.3 Å². The number of hydroxylamine groups is 1. The number of urea groups is 1. The highest BCUT2D eigenvalue weighted by atomic mass is 16.5. The number of amides is 3. The normalized spacial score (nSPS) is 19.4. The lowest BCUT2D eigenvalue weighted by atomic mass is 9.86. The second-order valence-corrected chi connectivity index (χ2v) is 6.56. The van der Waals surface area contributed by atoms with E-state index in [4.69, 9.17) is 5.21 Å². The Morgan fingerprint density at radius 2 is 2.00 bits per heavy atom. The molecule has 1 heterocycles. The molecule has 0 saturated carbocycles. The first-order chi connectivity index (χ1) is 10.8. The predicted molar refractivity (Wildman–Crippen MR) is 84.9 cm³/mol. The van der Waals surface area contributed by atoms with Gasteiger partial charge in [0.2, 0.25) is 5.91 Å². The molecule has 0 spiro atoms. The molecule has 8 heteroatoms. The number of hydrogen-bond acceptors (Lipinski definition) is 5. The highest BCUT2D eigenvalue weighted by molar-refractivity contribution is 5.93. The molecule has 0 bridgehead atoms. The van der Waals surface area contributed by atoms with Crippen LogP contribution in [0, 0.1) is 11.8 Å². The fourth-order valence-electron chi connectivity index (χ4n) is 2.85. The summed E-state index contributed by atoms with van der Waals surface area (Å²) in [5.74, 6) is -1.02. The van der Waals surface area contributed by atoms with Crippen molar-refractivity contribution in [3.8, 4) is 0 Å². The fourth-order valence-corrected chi connectivity index (χ4v) is 2.85. The van der Waals surface area contributed by atoms with Crippen molar-refractivity contribution in [1.82, 2.24) is 20.6 Å². The zero-order valence-corrected chi connectivity index (χ0v) is 14.3. The van der Waals surface area contributed by atoms with Gasteiger partial charge in [-0.15, -0.1) is 0 Å². The van der Waals surface area contributed by atoms with E-state index in [1.165, 1.54) is 4.90 Å². The zero-order valence-electron chi connectivity index (χ0n) is 14.3. The van der Waals surface area contributed by atoms with Gasteiger partial charge in [-0.2, -0.15) is 0 Å². The molecule has 2 atom stereocenters. The van der Waals surface area contributed by atoms with Gasteiger partial charge in [0.15, 0.2) is 5.78 Å². The van der Waals surface area contributed by atoms with Gasteiger partial charge in [-0.3, -0.25) is 14.8 Å². The van der Waals surface area contributed by atoms with Crippen molar-refractivity contribution in [3.63, 3.8) is 0 Å². The SMILES string of the molecule is CC(C)C[C@H](CC(=O)NO)C(=O)[C@@H]1CNCCN1C(=O)N(C)C. The van der Waals surface area contributed by atoms with Crippen LogP contribution >= 0.6 is 0 Å². The topological polar surface area (TPSA) is 102 Å². The quantitative estimate of drug-likeness (QED) is 0.473. The van der Waals surface area contributed by atoms with Crippen LogP contribution in [0.1, 0.15) is 26.7 Å². The summed E-state index contributed by atoms with van der Waals surface area (Å²) in [6, 6.07) is -0.798. The van der Waals surface area contributed by atoms with Crippen LogP contribution in [-0.4, -0.2) is 72.5 Å². The van der Waals surface area contributed by atoms with E-state index in [0.29, 0.717) is 26.1 Å². The minimum atomic E-state index is -0.589. The molecule has 0 aromatic heterocycles. The van der Waals surface area contributed by atoms with Gasteiger partial charge in [-0.25, -0.2) is 10.3 Å². The number of hydrogen-bond donors (Lipinski definition) is 3. The number of piperazine rings is 1. The standard InChI is InChI=1S/C15H28N4O4/c1-10(2)7-11(8-13(20)17-23)14(21)12-9-16-5-6-19(12)15(22)18(3)4/h10-12,16,23H,5-9H2,1-4H3,(H,17,20)/t11-,12+/m1/s1. The molecule has 132 valence electrons.